The summed E-state index contributed by atoms with van der Waals surface area (Å²) in [6, 6.07) is 10.2. The lowest BCUT2D eigenvalue weighted by atomic mass is 10.1. The molecule has 0 aliphatic heterocycles. The minimum Gasteiger partial charge on any atom is -0.497 e. The molecule has 0 bridgehead atoms. The van der Waals surface area contributed by atoms with Crippen LogP contribution in [0, 0.1) is 12.7 Å². The number of benzene rings is 2. The van der Waals surface area contributed by atoms with E-state index in [1.807, 2.05) is 13.0 Å². The summed E-state index contributed by atoms with van der Waals surface area (Å²) in [5, 5.41) is 3.69. The van der Waals surface area contributed by atoms with Gasteiger partial charge in [0.1, 0.15) is 17.1 Å². The molecule has 0 saturated carbocycles. The first-order chi connectivity index (χ1) is 12.0. The minimum atomic E-state index is -0.305. The molecule has 0 fully saturated rings. The third-order valence-electron chi connectivity index (χ3n) is 4.03. The molecule has 0 atom stereocenters. The molecule has 130 valence electrons. The van der Waals surface area contributed by atoms with Crippen LogP contribution in [0.25, 0.3) is 11.0 Å². The molecule has 3 aromatic rings. The van der Waals surface area contributed by atoms with Gasteiger partial charge in [-0.25, -0.2) is 4.39 Å². The van der Waals surface area contributed by atoms with E-state index in [0.717, 1.165) is 16.5 Å². The molecule has 0 saturated heterocycles. The monoisotopic (exact) mass is 405 g/mol. The summed E-state index contributed by atoms with van der Waals surface area (Å²) in [6.45, 7) is 2.27. The zero-order valence-corrected chi connectivity index (χ0v) is 15.4. The third kappa shape index (κ3) is 3.69. The predicted molar refractivity (Wildman–Crippen MR) is 97.6 cm³/mol. The van der Waals surface area contributed by atoms with Crippen LogP contribution < -0.4 is 10.1 Å². The first-order valence-electron chi connectivity index (χ1n) is 7.79. The topological polar surface area (TPSA) is 51.5 Å². The molecular formula is C19H17BrFNO3. The number of furan rings is 1. The van der Waals surface area contributed by atoms with Crippen molar-refractivity contribution in [3.05, 3.63) is 63.6 Å². The lowest BCUT2D eigenvalue weighted by Crippen LogP contribution is -2.25. The molecule has 25 heavy (non-hydrogen) atoms. The number of hydrogen-bond donors (Lipinski definition) is 1. The second kappa shape index (κ2) is 7.27. The van der Waals surface area contributed by atoms with Crippen LogP contribution in [-0.2, 0) is 6.42 Å². The summed E-state index contributed by atoms with van der Waals surface area (Å²) in [5.41, 5.74) is 2.35. The molecule has 0 unspecified atom stereocenters. The van der Waals surface area contributed by atoms with Crippen LogP contribution >= 0.6 is 15.9 Å². The second-order valence-electron chi connectivity index (χ2n) is 5.67. The van der Waals surface area contributed by atoms with Gasteiger partial charge in [-0.05, 0) is 65.2 Å². The number of methoxy groups -OCH3 is 1. The van der Waals surface area contributed by atoms with Crippen LogP contribution in [0.1, 0.15) is 21.7 Å². The summed E-state index contributed by atoms with van der Waals surface area (Å²) in [5.74, 6) is 0.434. The van der Waals surface area contributed by atoms with Gasteiger partial charge < -0.3 is 14.5 Å². The Labute approximate surface area is 153 Å². The Kier molecular flexibility index (Phi) is 5.08. The molecule has 0 radical (unpaired) electrons. The van der Waals surface area contributed by atoms with Crippen LogP contribution in [0.15, 0.2) is 45.3 Å². The van der Waals surface area contributed by atoms with Gasteiger partial charge in [0.05, 0.1) is 11.6 Å². The molecule has 0 spiro atoms. The molecule has 0 aliphatic carbocycles. The Morgan fingerprint density at radius 3 is 2.80 bits per heavy atom. The van der Waals surface area contributed by atoms with E-state index >= 15 is 0 Å². The molecule has 0 aliphatic rings. The number of aryl methyl sites for hydroxylation is 1. The molecule has 4 nitrogen and oxygen atoms in total. The van der Waals surface area contributed by atoms with Crippen LogP contribution in [0.3, 0.4) is 0 Å². The van der Waals surface area contributed by atoms with Crippen molar-refractivity contribution in [1.82, 2.24) is 5.32 Å². The number of ether oxygens (including phenoxy) is 1. The first-order valence-corrected chi connectivity index (χ1v) is 8.58. The number of fused-ring (bicyclic) bond motifs is 1. The Morgan fingerprint density at radius 2 is 2.08 bits per heavy atom. The fourth-order valence-corrected chi connectivity index (χ4v) is 3.07. The van der Waals surface area contributed by atoms with Crippen LogP contribution in [-0.4, -0.2) is 19.6 Å². The van der Waals surface area contributed by atoms with E-state index in [4.69, 9.17) is 9.15 Å². The van der Waals surface area contributed by atoms with E-state index in [0.29, 0.717) is 34.5 Å². The van der Waals surface area contributed by atoms with Gasteiger partial charge >= 0.3 is 0 Å². The maximum atomic E-state index is 13.2. The minimum absolute atomic E-state index is 0.270. The number of rotatable bonds is 5. The van der Waals surface area contributed by atoms with Crippen LogP contribution in [0.5, 0.6) is 5.75 Å². The van der Waals surface area contributed by atoms with Crippen LogP contribution in [0.4, 0.5) is 4.39 Å². The molecule has 1 heterocycles. The van der Waals surface area contributed by atoms with Crippen molar-refractivity contribution in [2.45, 2.75) is 13.3 Å². The largest absolute Gasteiger partial charge is 0.497 e. The van der Waals surface area contributed by atoms with Crippen molar-refractivity contribution < 1.29 is 18.3 Å². The van der Waals surface area contributed by atoms with E-state index < -0.39 is 0 Å². The first kappa shape index (κ1) is 17.5. The van der Waals surface area contributed by atoms with E-state index in [2.05, 4.69) is 21.2 Å². The SMILES string of the molecule is COc1ccc2oc(C(=O)NCCc3ccc(F)c(Br)c3)c(C)c2c1. The third-order valence-corrected chi connectivity index (χ3v) is 4.64. The highest BCUT2D eigenvalue weighted by molar-refractivity contribution is 9.10. The van der Waals surface area contributed by atoms with Gasteiger partial charge in [-0.2, -0.15) is 0 Å². The van der Waals surface area contributed by atoms with Gasteiger partial charge in [-0.3, -0.25) is 4.79 Å². The Balaban J connectivity index is 1.69. The Hall–Kier alpha value is -2.34. The average Bonchev–Trinajstić information content (AvgIpc) is 2.94. The van der Waals surface area contributed by atoms with Gasteiger partial charge in [-0.1, -0.05) is 6.07 Å². The maximum absolute atomic E-state index is 13.2. The van der Waals surface area contributed by atoms with Crippen molar-refractivity contribution >= 4 is 32.8 Å². The highest BCUT2D eigenvalue weighted by Crippen LogP contribution is 2.28. The number of carbonyl (C=O) groups excluding carboxylic acids is 1. The summed E-state index contributed by atoms with van der Waals surface area (Å²) >= 11 is 3.16. The number of nitrogens with one attached hydrogen (secondary N) is 1. The summed E-state index contributed by atoms with van der Waals surface area (Å²) in [7, 11) is 1.60. The van der Waals surface area contributed by atoms with Gasteiger partial charge in [0, 0.05) is 17.5 Å². The van der Waals surface area contributed by atoms with E-state index in [9.17, 15) is 9.18 Å². The number of carbonyl (C=O) groups is 1. The number of halogens is 2. The fourth-order valence-electron chi connectivity index (χ4n) is 2.64. The average molecular weight is 406 g/mol. The number of hydrogen-bond acceptors (Lipinski definition) is 3. The highest BCUT2D eigenvalue weighted by atomic mass is 79.9. The summed E-state index contributed by atoms with van der Waals surface area (Å²) in [6.07, 6.45) is 0.595. The standard InChI is InChI=1S/C19H17BrFNO3/c1-11-14-10-13(24-2)4-6-17(14)25-18(11)19(23)22-8-7-12-3-5-16(21)15(20)9-12/h3-6,9-10H,7-8H2,1-2H3,(H,22,23). The molecular weight excluding hydrogens is 389 g/mol. The normalized spacial score (nSPS) is 10.9. The quantitative estimate of drug-likeness (QED) is 0.673. The molecule has 1 amide bonds. The smallest absolute Gasteiger partial charge is 0.287 e. The molecule has 3 rings (SSSR count). The van der Waals surface area contributed by atoms with Crippen molar-refractivity contribution in [3.8, 4) is 5.75 Å². The Morgan fingerprint density at radius 1 is 1.28 bits per heavy atom. The zero-order chi connectivity index (χ0) is 18.0. The predicted octanol–water partition coefficient (Wildman–Crippen LogP) is 4.62. The fraction of sp³-hybridized carbons (Fsp3) is 0.211. The van der Waals surface area contributed by atoms with Crippen molar-refractivity contribution in [3.63, 3.8) is 0 Å². The summed E-state index contributed by atoms with van der Waals surface area (Å²) in [4.78, 5) is 12.4. The lowest BCUT2D eigenvalue weighted by Gasteiger charge is -2.05. The molecule has 6 heteroatoms. The summed E-state index contributed by atoms with van der Waals surface area (Å²) < 4.78 is 24.5. The number of amides is 1. The lowest BCUT2D eigenvalue weighted by molar-refractivity contribution is 0.0928. The molecule has 1 aromatic heterocycles. The van der Waals surface area contributed by atoms with E-state index in [-0.39, 0.29) is 11.7 Å². The van der Waals surface area contributed by atoms with Gasteiger partial charge in [0.25, 0.3) is 5.91 Å². The maximum Gasteiger partial charge on any atom is 0.287 e. The van der Waals surface area contributed by atoms with E-state index in [1.54, 1.807) is 31.4 Å². The van der Waals surface area contributed by atoms with Crippen molar-refractivity contribution in [2.24, 2.45) is 0 Å². The second-order valence-corrected chi connectivity index (χ2v) is 6.53. The van der Waals surface area contributed by atoms with Gasteiger partial charge in [0.2, 0.25) is 0 Å². The Bertz CT molecular complexity index is 936. The van der Waals surface area contributed by atoms with Crippen molar-refractivity contribution in [1.29, 1.82) is 0 Å². The highest BCUT2D eigenvalue weighted by Gasteiger charge is 2.17. The van der Waals surface area contributed by atoms with E-state index in [1.165, 1.54) is 6.07 Å². The zero-order valence-electron chi connectivity index (χ0n) is 13.9. The van der Waals surface area contributed by atoms with Gasteiger partial charge in [-0.15, -0.1) is 0 Å². The molecule has 2 aromatic carbocycles. The van der Waals surface area contributed by atoms with Crippen LogP contribution in [0.2, 0.25) is 0 Å². The molecule has 1 N–H and O–H groups in total. The van der Waals surface area contributed by atoms with Crippen molar-refractivity contribution in [2.75, 3.05) is 13.7 Å². The van der Waals surface area contributed by atoms with Gasteiger partial charge in [0.15, 0.2) is 5.76 Å².